The van der Waals surface area contributed by atoms with Gasteiger partial charge in [0, 0.05) is 29.6 Å². The van der Waals surface area contributed by atoms with E-state index in [1.54, 1.807) is 49.2 Å². The molecule has 0 N–H and O–H groups in total. The van der Waals surface area contributed by atoms with Crippen LogP contribution in [0, 0.1) is 29.1 Å². The molecule has 6 nitrogen and oxygen atoms in total. The van der Waals surface area contributed by atoms with Crippen LogP contribution in [0.5, 0.6) is 0 Å². The van der Waals surface area contributed by atoms with Gasteiger partial charge in [-0.05, 0) is 49.4 Å². The van der Waals surface area contributed by atoms with E-state index in [0.717, 1.165) is 5.56 Å². The fraction of sp³-hybridized carbons (Fsp3) is 0.417. The minimum absolute atomic E-state index is 0.121. The normalized spacial score (nSPS) is 20.2. The standard InChI is InChI=1S/C24H26ClN3O3/c1-15-19(27-21(31-15)16-6-8-18(25)9-7-16)22(30)28(5)11-10-24(4)12-17(13-26)20(29)23(2,3)14-24/h6-9,12H,10-11,14H2,1-5H3/t24-/m1/s1. The Morgan fingerprint density at radius 1 is 1.29 bits per heavy atom. The highest BCUT2D eigenvalue weighted by Gasteiger charge is 2.42. The zero-order valence-corrected chi connectivity index (χ0v) is 19.2. The molecule has 0 saturated carbocycles. The first kappa shape index (κ1) is 22.8. The van der Waals surface area contributed by atoms with Gasteiger partial charge in [0.25, 0.3) is 5.91 Å². The Morgan fingerprint density at radius 2 is 1.94 bits per heavy atom. The molecular formula is C24H26ClN3O3. The van der Waals surface area contributed by atoms with Gasteiger partial charge in [-0.1, -0.05) is 38.4 Å². The van der Waals surface area contributed by atoms with Crippen LogP contribution in [0.1, 0.15) is 49.9 Å². The topological polar surface area (TPSA) is 87.2 Å². The Morgan fingerprint density at radius 3 is 2.55 bits per heavy atom. The van der Waals surface area contributed by atoms with Crippen LogP contribution in [0.25, 0.3) is 11.5 Å². The Bertz CT molecular complexity index is 1090. The molecule has 2 aromatic rings. The molecule has 0 unspecified atom stereocenters. The third kappa shape index (κ3) is 4.72. The molecule has 1 atom stereocenters. The van der Waals surface area contributed by atoms with E-state index in [1.165, 1.54) is 0 Å². The van der Waals surface area contributed by atoms with Crippen LogP contribution in [-0.4, -0.2) is 35.2 Å². The summed E-state index contributed by atoms with van der Waals surface area (Å²) < 4.78 is 5.71. The summed E-state index contributed by atoms with van der Waals surface area (Å²) in [7, 11) is 1.72. The number of nitrogens with zero attached hydrogens (tertiary/aromatic N) is 3. The molecule has 0 spiro atoms. The second-order valence-corrected chi connectivity index (χ2v) is 9.56. The minimum Gasteiger partial charge on any atom is -0.441 e. The Labute approximate surface area is 187 Å². The number of carbonyl (C=O) groups excluding carboxylic acids is 2. The summed E-state index contributed by atoms with van der Waals surface area (Å²) in [6.45, 7) is 7.92. The van der Waals surface area contributed by atoms with Crippen LogP contribution in [0.3, 0.4) is 0 Å². The van der Waals surface area contributed by atoms with Gasteiger partial charge in [0.15, 0.2) is 11.5 Å². The number of Topliss-reactive ketones (excluding diaryl/α,β-unsaturated/α-hetero) is 1. The van der Waals surface area contributed by atoms with Crippen molar-refractivity contribution in [3.05, 3.63) is 52.4 Å². The minimum atomic E-state index is -0.604. The van der Waals surface area contributed by atoms with Gasteiger partial charge in [0.2, 0.25) is 5.89 Å². The number of aromatic nitrogens is 1. The van der Waals surface area contributed by atoms with Crippen LogP contribution in [0.15, 0.2) is 40.3 Å². The van der Waals surface area contributed by atoms with Gasteiger partial charge in [-0.25, -0.2) is 4.98 Å². The average molecular weight is 440 g/mol. The molecule has 1 aliphatic rings. The van der Waals surface area contributed by atoms with Crippen molar-refractivity contribution in [1.29, 1.82) is 5.26 Å². The molecule has 1 aromatic heterocycles. The number of hydrogen-bond acceptors (Lipinski definition) is 5. The van der Waals surface area contributed by atoms with Crippen LogP contribution in [0.4, 0.5) is 0 Å². The molecule has 7 heteroatoms. The molecule has 0 bridgehead atoms. The number of oxazole rings is 1. The summed E-state index contributed by atoms with van der Waals surface area (Å²) >= 11 is 5.93. The maximum absolute atomic E-state index is 13.0. The van der Waals surface area contributed by atoms with Crippen LogP contribution in [-0.2, 0) is 4.79 Å². The van der Waals surface area contributed by atoms with Crippen LogP contribution < -0.4 is 0 Å². The number of nitriles is 1. The lowest BCUT2D eigenvalue weighted by Gasteiger charge is -2.39. The van der Waals surface area contributed by atoms with Crippen molar-refractivity contribution in [1.82, 2.24) is 9.88 Å². The van der Waals surface area contributed by atoms with Crippen molar-refractivity contribution in [2.45, 2.75) is 40.5 Å². The van der Waals surface area contributed by atoms with Gasteiger partial charge in [-0.3, -0.25) is 9.59 Å². The van der Waals surface area contributed by atoms with Gasteiger partial charge >= 0.3 is 0 Å². The third-order valence-corrected chi connectivity index (χ3v) is 6.03. The number of hydrogen-bond donors (Lipinski definition) is 0. The number of halogens is 1. The number of benzene rings is 1. The number of ketones is 1. The highest BCUT2D eigenvalue weighted by atomic mass is 35.5. The van der Waals surface area contributed by atoms with E-state index in [4.69, 9.17) is 16.0 Å². The van der Waals surface area contributed by atoms with Crippen LogP contribution >= 0.6 is 11.6 Å². The number of rotatable bonds is 5. The van der Waals surface area contributed by atoms with Crippen molar-refractivity contribution >= 4 is 23.3 Å². The van der Waals surface area contributed by atoms with Gasteiger partial charge in [0.05, 0.1) is 5.57 Å². The van der Waals surface area contributed by atoms with E-state index in [9.17, 15) is 14.9 Å². The largest absolute Gasteiger partial charge is 0.441 e. The smallest absolute Gasteiger partial charge is 0.275 e. The van der Waals surface area contributed by atoms with E-state index >= 15 is 0 Å². The summed E-state index contributed by atoms with van der Waals surface area (Å²) in [6, 6.07) is 9.09. The zero-order valence-electron chi connectivity index (χ0n) is 18.5. The molecule has 3 rings (SSSR count). The third-order valence-electron chi connectivity index (χ3n) is 5.77. The predicted octanol–water partition coefficient (Wildman–Crippen LogP) is 5.22. The lowest BCUT2D eigenvalue weighted by molar-refractivity contribution is -0.125. The van der Waals surface area contributed by atoms with Crippen molar-refractivity contribution in [2.75, 3.05) is 13.6 Å². The van der Waals surface area contributed by atoms with Crippen molar-refractivity contribution < 1.29 is 14.0 Å². The van der Waals surface area contributed by atoms with Gasteiger partial charge in [-0.15, -0.1) is 0 Å². The Balaban J connectivity index is 1.74. The number of aryl methyl sites for hydroxylation is 1. The monoisotopic (exact) mass is 439 g/mol. The van der Waals surface area contributed by atoms with Crippen molar-refractivity contribution in [3.63, 3.8) is 0 Å². The Kier molecular flexibility index (Phi) is 6.11. The first-order valence-corrected chi connectivity index (χ1v) is 10.5. The molecular weight excluding hydrogens is 414 g/mol. The quantitative estimate of drug-likeness (QED) is 0.637. The molecule has 31 heavy (non-hydrogen) atoms. The first-order valence-electron chi connectivity index (χ1n) is 10.1. The number of allylic oxidation sites excluding steroid dienone is 2. The summed E-state index contributed by atoms with van der Waals surface area (Å²) in [5, 5.41) is 9.96. The molecule has 0 aliphatic heterocycles. The fourth-order valence-electron chi connectivity index (χ4n) is 4.18. The lowest BCUT2D eigenvalue weighted by Crippen LogP contribution is -2.39. The second-order valence-electron chi connectivity index (χ2n) is 9.12. The lowest BCUT2D eigenvalue weighted by atomic mass is 9.64. The maximum atomic E-state index is 13.0. The number of carbonyl (C=O) groups is 2. The molecule has 0 radical (unpaired) electrons. The molecule has 1 aromatic carbocycles. The second kappa shape index (κ2) is 8.32. The van der Waals surface area contributed by atoms with Gasteiger partial charge < -0.3 is 9.32 Å². The van der Waals surface area contributed by atoms with Crippen molar-refractivity contribution in [3.8, 4) is 17.5 Å². The van der Waals surface area contributed by atoms with Gasteiger partial charge in [-0.2, -0.15) is 5.26 Å². The van der Waals surface area contributed by atoms with Crippen molar-refractivity contribution in [2.24, 2.45) is 10.8 Å². The molecule has 0 fully saturated rings. The predicted molar refractivity (Wildman–Crippen MR) is 118 cm³/mol. The highest BCUT2D eigenvalue weighted by Crippen LogP contribution is 2.44. The molecule has 162 valence electrons. The maximum Gasteiger partial charge on any atom is 0.275 e. The van der Waals surface area contributed by atoms with E-state index in [-0.39, 0.29) is 28.4 Å². The summed E-state index contributed by atoms with van der Waals surface area (Å²) in [5.74, 6) is 0.460. The van der Waals surface area contributed by atoms with Gasteiger partial charge in [0.1, 0.15) is 11.8 Å². The number of amides is 1. The highest BCUT2D eigenvalue weighted by molar-refractivity contribution is 6.30. The summed E-state index contributed by atoms with van der Waals surface area (Å²) in [5.41, 5.74) is 0.250. The molecule has 1 aliphatic carbocycles. The fourth-order valence-corrected chi connectivity index (χ4v) is 4.31. The molecule has 1 heterocycles. The molecule has 1 amide bonds. The van der Waals surface area contributed by atoms with E-state index in [2.05, 4.69) is 4.98 Å². The van der Waals surface area contributed by atoms with E-state index in [0.29, 0.717) is 36.1 Å². The van der Waals surface area contributed by atoms with Crippen LogP contribution in [0.2, 0.25) is 5.02 Å². The zero-order chi connectivity index (χ0) is 23.0. The SMILES string of the molecule is Cc1oc(-c2ccc(Cl)cc2)nc1C(=O)N(C)CC[C@]1(C)C=C(C#N)C(=O)C(C)(C)C1. The average Bonchev–Trinajstić information content (AvgIpc) is 3.10. The molecule has 0 saturated heterocycles. The van der Waals surface area contributed by atoms with E-state index in [1.807, 2.05) is 26.8 Å². The Hall–Kier alpha value is -2.91. The summed E-state index contributed by atoms with van der Waals surface area (Å²) in [4.78, 5) is 31.4. The van der Waals surface area contributed by atoms with E-state index < -0.39 is 5.41 Å². The first-order chi connectivity index (χ1) is 14.5. The summed E-state index contributed by atoms with van der Waals surface area (Å²) in [6.07, 6.45) is 3.01.